The zero-order chi connectivity index (χ0) is 17.8. The van der Waals surface area contributed by atoms with Crippen molar-refractivity contribution < 1.29 is 9.84 Å². The highest BCUT2D eigenvalue weighted by Gasteiger charge is 2.15. The van der Waals surface area contributed by atoms with Gasteiger partial charge in [0.25, 0.3) is 0 Å². The Labute approximate surface area is 151 Å². The highest BCUT2D eigenvalue weighted by molar-refractivity contribution is 6.30. The molecule has 1 heterocycles. The fourth-order valence-corrected chi connectivity index (χ4v) is 3.00. The number of ether oxygens (including phenoxy) is 1. The summed E-state index contributed by atoms with van der Waals surface area (Å²) in [5.74, 6) is 0.629. The fourth-order valence-electron chi connectivity index (χ4n) is 2.88. The molecule has 0 aliphatic heterocycles. The summed E-state index contributed by atoms with van der Waals surface area (Å²) in [5.41, 5.74) is 1.61. The van der Waals surface area contributed by atoms with Crippen molar-refractivity contribution in [3.05, 3.63) is 64.0 Å². The molecule has 0 aliphatic carbocycles. The predicted molar refractivity (Wildman–Crippen MR) is 99.4 cm³/mol. The molecule has 0 aliphatic rings. The van der Waals surface area contributed by atoms with Gasteiger partial charge in [-0.1, -0.05) is 30.7 Å². The molecule has 2 aromatic carbocycles. The summed E-state index contributed by atoms with van der Waals surface area (Å²) < 4.78 is 8.93. The molecule has 1 aromatic heterocycles. The maximum atomic E-state index is 12.7. The molecule has 3 rings (SSSR count). The lowest BCUT2D eigenvalue weighted by Gasteiger charge is -2.13. The minimum absolute atomic E-state index is 0.0986. The molecule has 1 unspecified atom stereocenters. The third-order valence-corrected chi connectivity index (χ3v) is 4.27. The molecular weight excluding hydrogens is 340 g/mol. The van der Waals surface area contributed by atoms with Crippen LogP contribution >= 0.6 is 11.6 Å². The van der Waals surface area contributed by atoms with Gasteiger partial charge in [-0.25, -0.2) is 4.79 Å². The van der Waals surface area contributed by atoms with Gasteiger partial charge >= 0.3 is 5.69 Å². The van der Waals surface area contributed by atoms with Crippen LogP contribution in [-0.2, 0) is 13.1 Å². The Bertz CT molecular complexity index is 899. The number of nitrogens with zero attached hydrogens (tertiary/aromatic N) is 2. The van der Waals surface area contributed by atoms with E-state index < -0.39 is 6.10 Å². The standard InChI is InChI=1S/C19H21ClN2O3/c1-2-11-21-17-5-3-4-6-18(17)22(19(21)24)12-15(23)13-25-16-9-7-14(20)8-10-16/h3-10,15,23H,2,11-13H2,1H3. The lowest BCUT2D eigenvalue weighted by Crippen LogP contribution is -2.31. The van der Waals surface area contributed by atoms with E-state index >= 15 is 0 Å². The predicted octanol–water partition coefficient (Wildman–Crippen LogP) is 3.31. The first-order valence-electron chi connectivity index (χ1n) is 8.34. The highest BCUT2D eigenvalue weighted by Crippen LogP contribution is 2.17. The molecule has 0 spiro atoms. The molecule has 3 aromatic rings. The van der Waals surface area contributed by atoms with E-state index in [1.165, 1.54) is 0 Å². The number of imidazole rings is 1. The Balaban J connectivity index is 1.76. The van der Waals surface area contributed by atoms with Crippen LogP contribution in [0, 0.1) is 0 Å². The summed E-state index contributed by atoms with van der Waals surface area (Å²) in [5, 5.41) is 10.9. The second-order valence-electron chi connectivity index (χ2n) is 5.95. The first-order valence-corrected chi connectivity index (χ1v) is 8.72. The van der Waals surface area contributed by atoms with Gasteiger partial charge in [0, 0.05) is 11.6 Å². The molecule has 0 saturated heterocycles. The van der Waals surface area contributed by atoms with Crippen LogP contribution in [0.25, 0.3) is 11.0 Å². The van der Waals surface area contributed by atoms with Crippen molar-refractivity contribution in [2.24, 2.45) is 0 Å². The minimum atomic E-state index is -0.797. The maximum Gasteiger partial charge on any atom is 0.329 e. The monoisotopic (exact) mass is 360 g/mol. The van der Waals surface area contributed by atoms with Crippen molar-refractivity contribution in [1.29, 1.82) is 0 Å². The summed E-state index contributed by atoms with van der Waals surface area (Å²) in [7, 11) is 0. The SMILES string of the molecule is CCCn1c(=O)n(CC(O)COc2ccc(Cl)cc2)c2ccccc21. The summed E-state index contributed by atoms with van der Waals surface area (Å²) in [4.78, 5) is 12.7. The number of aliphatic hydroxyl groups is 1. The van der Waals surface area contributed by atoms with Crippen molar-refractivity contribution in [3.8, 4) is 5.75 Å². The van der Waals surface area contributed by atoms with Crippen LogP contribution in [-0.4, -0.2) is 27.0 Å². The molecule has 0 radical (unpaired) electrons. The number of halogens is 1. The third-order valence-electron chi connectivity index (χ3n) is 4.02. The number of hydrogen-bond acceptors (Lipinski definition) is 3. The molecule has 0 saturated carbocycles. The van der Waals surface area contributed by atoms with Crippen LogP contribution in [0.3, 0.4) is 0 Å². The second-order valence-corrected chi connectivity index (χ2v) is 6.39. The fraction of sp³-hybridized carbons (Fsp3) is 0.316. The quantitative estimate of drug-likeness (QED) is 0.703. The van der Waals surface area contributed by atoms with Crippen LogP contribution in [0.5, 0.6) is 5.75 Å². The molecule has 25 heavy (non-hydrogen) atoms. The number of benzene rings is 2. The zero-order valence-corrected chi connectivity index (χ0v) is 14.8. The number of aromatic nitrogens is 2. The van der Waals surface area contributed by atoms with E-state index in [1.54, 1.807) is 33.4 Å². The van der Waals surface area contributed by atoms with E-state index in [1.807, 2.05) is 31.2 Å². The van der Waals surface area contributed by atoms with Crippen LogP contribution in [0.1, 0.15) is 13.3 Å². The smallest absolute Gasteiger partial charge is 0.329 e. The number of rotatable bonds is 7. The van der Waals surface area contributed by atoms with E-state index in [0.29, 0.717) is 17.3 Å². The van der Waals surface area contributed by atoms with Gasteiger partial charge in [0.05, 0.1) is 17.6 Å². The van der Waals surface area contributed by atoms with Gasteiger partial charge in [-0.05, 0) is 42.8 Å². The van der Waals surface area contributed by atoms with E-state index in [9.17, 15) is 9.90 Å². The van der Waals surface area contributed by atoms with Gasteiger partial charge in [0.2, 0.25) is 0 Å². The van der Waals surface area contributed by atoms with E-state index in [2.05, 4.69) is 0 Å². The van der Waals surface area contributed by atoms with Crippen molar-refractivity contribution in [3.63, 3.8) is 0 Å². The molecule has 5 nitrogen and oxygen atoms in total. The lowest BCUT2D eigenvalue weighted by molar-refractivity contribution is 0.0924. The number of aliphatic hydroxyl groups excluding tert-OH is 1. The summed E-state index contributed by atoms with van der Waals surface area (Å²) in [6.07, 6.45) is 0.0742. The van der Waals surface area contributed by atoms with Crippen molar-refractivity contribution in [2.75, 3.05) is 6.61 Å². The number of aryl methyl sites for hydroxylation is 1. The molecule has 1 atom stereocenters. The molecule has 6 heteroatoms. The maximum absolute atomic E-state index is 12.7. The Morgan fingerprint density at radius 2 is 1.72 bits per heavy atom. The number of fused-ring (bicyclic) bond motifs is 1. The average molecular weight is 361 g/mol. The van der Waals surface area contributed by atoms with Gasteiger partial charge < -0.3 is 9.84 Å². The second kappa shape index (κ2) is 7.76. The van der Waals surface area contributed by atoms with Crippen molar-refractivity contribution >= 4 is 22.6 Å². The van der Waals surface area contributed by atoms with Crippen molar-refractivity contribution in [2.45, 2.75) is 32.5 Å². The van der Waals surface area contributed by atoms with Crippen LogP contribution < -0.4 is 10.4 Å². The first kappa shape index (κ1) is 17.6. The van der Waals surface area contributed by atoms with E-state index in [0.717, 1.165) is 17.5 Å². The summed E-state index contributed by atoms with van der Waals surface area (Å²) in [6.45, 7) is 2.97. The van der Waals surface area contributed by atoms with E-state index in [-0.39, 0.29) is 18.8 Å². The molecular formula is C19H21ClN2O3. The summed E-state index contributed by atoms with van der Waals surface area (Å²) in [6, 6.07) is 14.6. The molecule has 0 fully saturated rings. The zero-order valence-electron chi connectivity index (χ0n) is 14.1. The van der Waals surface area contributed by atoms with Crippen LogP contribution in [0.15, 0.2) is 53.3 Å². The normalized spacial score (nSPS) is 12.4. The van der Waals surface area contributed by atoms with Gasteiger partial charge in [-0.15, -0.1) is 0 Å². The Morgan fingerprint density at radius 1 is 1.08 bits per heavy atom. The molecule has 0 bridgehead atoms. The Morgan fingerprint density at radius 3 is 2.36 bits per heavy atom. The van der Waals surface area contributed by atoms with Crippen LogP contribution in [0.4, 0.5) is 0 Å². The first-order chi connectivity index (χ1) is 12.1. The lowest BCUT2D eigenvalue weighted by atomic mass is 10.3. The number of para-hydroxylation sites is 2. The van der Waals surface area contributed by atoms with Crippen molar-refractivity contribution in [1.82, 2.24) is 9.13 Å². The molecule has 0 amide bonds. The highest BCUT2D eigenvalue weighted by atomic mass is 35.5. The third kappa shape index (κ3) is 3.89. The van der Waals surface area contributed by atoms with Gasteiger partial charge in [-0.3, -0.25) is 9.13 Å². The number of hydrogen-bond donors (Lipinski definition) is 1. The van der Waals surface area contributed by atoms with Gasteiger partial charge in [-0.2, -0.15) is 0 Å². The molecule has 1 N–H and O–H groups in total. The van der Waals surface area contributed by atoms with Gasteiger partial charge in [0.1, 0.15) is 18.5 Å². The molecule has 132 valence electrons. The largest absolute Gasteiger partial charge is 0.491 e. The topological polar surface area (TPSA) is 56.4 Å². The average Bonchev–Trinajstić information content (AvgIpc) is 2.88. The van der Waals surface area contributed by atoms with E-state index in [4.69, 9.17) is 16.3 Å². The van der Waals surface area contributed by atoms with Gasteiger partial charge in [0.15, 0.2) is 0 Å². The minimum Gasteiger partial charge on any atom is -0.491 e. The Hall–Kier alpha value is -2.24. The summed E-state index contributed by atoms with van der Waals surface area (Å²) >= 11 is 5.84. The Kier molecular flexibility index (Phi) is 5.46. The van der Waals surface area contributed by atoms with Crippen LogP contribution in [0.2, 0.25) is 5.02 Å².